The summed E-state index contributed by atoms with van der Waals surface area (Å²) in [7, 11) is -2.31. The van der Waals surface area contributed by atoms with Gasteiger partial charge in [0.2, 0.25) is 6.36 Å². The van der Waals surface area contributed by atoms with Crippen LogP contribution in [-0.4, -0.2) is 38.5 Å². The number of aliphatic hydroxyl groups excluding tert-OH is 1. The standard InChI is InChI=1S/C19H29FO4Si/c1-14(13-23-18(22)15-10-8-7-9-11-15)12-16(21)17(20)24-25(5,6)19(2,3)4/h7-11,16-17,21H,1,12-13H2,2-6H3. The SMILES string of the molecule is C=C(COC(=O)c1ccccc1)CC(O)C(F)O[Si](C)(C)C(C)(C)C. The molecule has 0 heterocycles. The smallest absolute Gasteiger partial charge is 0.338 e. The van der Waals surface area contributed by atoms with Crippen molar-refractivity contribution in [2.75, 3.05) is 6.61 Å². The molecular formula is C19H29FO4Si. The van der Waals surface area contributed by atoms with Crippen molar-refractivity contribution in [3.63, 3.8) is 0 Å². The molecule has 140 valence electrons. The van der Waals surface area contributed by atoms with Crippen LogP contribution < -0.4 is 0 Å². The summed E-state index contributed by atoms with van der Waals surface area (Å²) in [5, 5.41) is 9.87. The minimum atomic E-state index is -2.31. The van der Waals surface area contributed by atoms with Crippen molar-refractivity contribution >= 4 is 14.3 Å². The van der Waals surface area contributed by atoms with E-state index in [4.69, 9.17) is 9.16 Å². The number of esters is 1. The van der Waals surface area contributed by atoms with Crippen LogP contribution in [0, 0.1) is 0 Å². The Morgan fingerprint density at radius 2 is 1.84 bits per heavy atom. The highest BCUT2D eigenvalue weighted by atomic mass is 28.4. The fourth-order valence-corrected chi connectivity index (χ4v) is 2.88. The Kier molecular flexibility index (Phi) is 7.53. The molecule has 1 aromatic carbocycles. The summed E-state index contributed by atoms with van der Waals surface area (Å²) in [5.41, 5.74) is 0.860. The fraction of sp³-hybridized carbons (Fsp3) is 0.526. The minimum Gasteiger partial charge on any atom is -0.458 e. The fourth-order valence-electron chi connectivity index (χ4n) is 1.81. The molecule has 2 unspecified atom stereocenters. The lowest BCUT2D eigenvalue weighted by molar-refractivity contribution is -0.0551. The highest BCUT2D eigenvalue weighted by Crippen LogP contribution is 2.38. The average Bonchev–Trinajstić information content (AvgIpc) is 2.51. The molecule has 25 heavy (non-hydrogen) atoms. The van der Waals surface area contributed by atoms with Gasteiger partial charge in [0.1, 0.15) is 12.7 Å². The van der Waals surface area contributed by atoms with Crippen LogP contribution in [0.4, 0.5) is 4.39 Å². The van der Waals surface area contributed by atoms with Gasteiger partial charge in [0, 0.05) is 6.42 Å². The third-order valence-corrected chi connectivity index (χ3v) is 8.86. The van der Waals surface area contributed by atoms with Gasteiger partial charge in [-0.1, -0.05) is 45.5 Å². The maximum absolute atomic E-state index is 14.3. The highest BCUT2D eigenvalue weighted by molar-refractivity contribution is 6.74. The molecule has 0 aliphatic rings. The van der Waals surface area contributed by atoms with Crippen LogP contribution in [0.3, 0.4) is 0 Å². The molecule has 0 fully saturated rings. The Morgan fingerprint density at radius 1 is 1.28 bits per heavy atom. The lowest BCUT2D eigenvalue weighted by atomic mass is 10.1. The van der Waals surface area contributed by atoms with E-state index in [1.54, 1.807) is 30.3 Å². The van der Waals surface area contributed by atoms with Crippen molar-refractivity contribution < 1.29 is 23.5 Å². The lowest BCUT2D eigenvalue weighted by Crippen LogP contribution is -2.45. The number of carbonyl (C=O) groups is 1. The zero-order valence-corrected chi connectivity index (χ0v) is 16.7. The first-order chi connectivity index (χ1) is 11.4. The third-order valence-electron chi connectivity index (χ3n) is 4.43. The van der Waals surface area contributed by atoms with Crippen LogP contribution in [0.25, 0.3) is 0 Å². The maximum Gasteiger partial charge on any atom is 0.338 e. The van der Waals surface area contributed by atoms with E-state index < -0.39 is 26.7 Å². The summed E-state index contributed by atoms with van der Waals surface area (Å²) in [4.78, 5) is 11.8. The number of aliphatic hydroxyl groups is 1. The molecule has 6 heteroatoms. The minimum absolute atomic E-state index is 0.0299. The number of alkyl halides is 1. The Hall–Kier alpha value is -1.50. The average molecular weight is 369 g/mol. The van der Waals surface area contributed by atoms with E-state index in [0.29, 0.717) is 11.1 Å². The van der Waals surface area contributed by atoms with Crippen LogP contribution in [0.15, 0.2) is 42.5 Å². The molecule has 1 N–H and O–H groups in total. The molecule has 0 radical (unpaired) electrons. The van der Waals surface area contributed by atoms with Gasteiger partial charge < -0.3 is 14.3 Å². The van der Waals surface area contributed by atoms with Gasteiger partial charge in [0.25, 0.3) is 0 Å². The molecule has 0 aliphatic carbocycles. The summed E-state index contributed by atoms with van der Waals surface area (Å²) < 4.78 is 24.9. The molecule has 0 spiro atoms. The monoisotopic (exact) mass is 368 g/mol. The summed E-state index contributed by atoms with van der Waals surface area (Å²) in [5.74, 6) is -0.481. The zero-order valence-electron chi connectivity index (χ0n) is 15.7. The van der Waals surface area contributed by atoms with Gasteiger partial charge in [0.05, 0.1) is 5.56 Å². The van der Waals surface area contributed by atoms with Gasteiger partial charge in [-0.15, -0.1) is 0 Å². The Morgan fingerprint density at radius 3 is 2.36 bits per heavy atom. The van der Waals surface area contributed by atoms with E-state index in [0.717, 1.165) is 0 Å². The molecule has 0 aliphatic heterocycles. The number of benzene rings is 1. The molecular weight excluding hydrogens is 339 g/mol. The van der Waals surface area contributed by atoms with Gasteiger partial charge in [-0.3, -0.25) is 0 Å². The van der Waals surface area contributed by atoms with Crippen molar-refractivity contribution in [1.82, 2.24) is 0 Å². The summed E-state index contributed by atoms with van der Waals surface area (Å²) in [6, 6.07) is 8.56. The zero-order chi connectivity index (χ0) is 19.3. The second kappa shape index (κ2) is 8.74. The Balaban J connectivity index is 2.47. The van der Waals surface area contributed by atoms with Gasteiger partial charge in [-0.05, 0) is 35.8 Å². The van der Waals surface area contributed by atoms with E-state index in [2.05, 4.69) is 6.58 Å². The van der Waals surface area contributed by atoms with Gasteiger partial charge in [-0.25, -0.2) is 9.18 Å². The highest BCUT2D eigenvalue weighted by Gasteiger charge is 2.40. The second-order valence-electron chi connectivity index (χ2n) is 7.69. The number of hydrogen-bond donors (Lipinski definition) is 1. The van der Waals surface area contributed by atoms with Crippen molar-refractivity contribution in [1.29, 1.82) is 0 Å². The first-order valence-electron chi connectivity index (χ1n) is 8.33. The Bertz CT molecular complexity index is 581. The largest absolute Gasteiger partial charge is 0.458 e. The Labute approximate surface area is 150 Å². The molecule has 0 bridgehead atoms. The third kappa shape index (κ3) is 6.72. The van der Waals surface area contributed by atoms with Crippen LogP contribution >= 0.6 is 0 Å². The number of rotatable bonds is 8. The molecule has 1 aromatic rings. The first kappa shape index (κ1) is 21.5. The lowest BCUT2D eigenvalue weighted by Gasteiger charge is -2.38. The molecule has 0 aromatic heterocycles. The van der Waals surface area contributed by atoms with E-state index in [1.165, 1.54) is 0 Å². The van der Waals surface area contributed by atoms with E-state index in [1.807, 2.05) is 33.9 Å². The van der Waals surface area contributed by atoms with Gasteiger partial charge in [-0.2, -0.15) is 0 Å². The van der Waals surface area contributed by atoms with Crippen LogP contribution in [-0.2, 0) is 9.16 Å². The second-order valence-corrected chi connectivity index (χ2v) is 12.4. The number of hydrogen-bond acceptors (Lipinski definition) is 4. The predicted molar refractivity (Wildman–Crippen MR) is 99.7 cm³/mol. The van der Waals surface area contributed by atoms with Crippen LogP contribution in [0.2, 0.25) is 18.1 Å². The number of halogens is 1. The summed E-state index contributed by atoms with van der Waals surface area (Å²) in [6.07, 6.45) is -3.16. The molecule has 4 nitrogen and oxygen atoms in total. The maximum atomic E-state index is 14.3. The van der Waals surface area contributed by atoms with Gasteiger partial charge >= 0.3 is 5.97 Å². The van der Waals surface area contributed by atoms with Crippen molar-refractivity contribution in [3.8, 4) is 0 Å². The molecule has 1 rings (SSSR count). The first-order valence-corrected chi connectivity index (χ1v) is 11.2. The molecule has 2 atom stereocenters. The topological polar surface area (TPSA) is 55.8 Å². The normalized spacial score (nSPS) is 14.7. The van der Waals surface area contributed by atoms with Crippen LogP contribution in [0.5, 0.6) is 0 Å². The summed E-state index contributed by atoms with van der Waals surface area (Å²) in [6.45, 7) is 13.5. The van der Waals surface area contributed by atoms with Crippen LogP contribution in [0.1, 0.15) is 37.6 Å². The number of carbonyl (C=O) groups excluding carboxylic acids is 1. The van der Waals surface area contributed by atoms with E-state index in [-0.39, 0.29) is 18.1 Å². The van der Waals surface area contributed by atoms with Crippen molar-refractivity contribution in [2.45, 2.75) is 57.8 Å². The van der Waals surface area contributed by atoms with Gasteiger partial charge in [0.15, 0.2) is 8.32 Å². The van der Waals surface area contributed by atoms with E-state index >= 15 is 0 Å². The quantitative estimate of drug-likeness (QED) is 0.418. The summed E-state index contributed by atoms with van der Waals surface area (Å²) >= 11 is 0. The van der Waals surface area contributed by atoms with E-state index in [9.17, 15) is 14.3 Å². The molecule has 0 saturated heterocycles. The van der Waals surface area contributed by atoms with Crippen molar-refractivity contribution in [2.24, 2.45) is 0 Å². The molecule has 0 saturated carbocycles. The predicted octanol–water partition coefficient (Wildman–Crippen LogP) is 4.47. The van der Waals surface area contributed by atoms with Crippen molar-refractivity contribution in [3.05, 3.63) is 48.0 Å². The number of ether oxygens (including phenoxy) is 1. The molecule has 0 amide bonds.